The largest absolute Gasteiger partial charge is 0.488 e. The highest BCUT2D eigenvalue weighted by Gasteiger charge is 2.06. The SMILES string of the molecule is N=C(N)c1ccccc1OCc1ccc(Cl)c(Cl)c1. The van der Waals surface area contributed by atoms with Crippen LogP contribution in [0.3, 0.4) is 0 Å². The first-order valence-electron chi connectivity index (χ1n) is 5.58. The van der Waals surface area contributed by atoms with E-state index in [0.29, 0.717) is 28.0 Å². The van der Waals surface area contributed by atoms with Gasteiger partial charge < -0.3 is 10.5 Å². The molecule has 3 nitrogen and oxygen atoms in total. The molecule has 5 heteroatoms. The first-order valence-corrected chi connectivity index (χ1v) is 6.33. The maximum atomic E-state index is 7.48. The number of halogens is 2. The van der Waals surface area contributed by atoms with Gasteiger partial charge >= 0.3 is 0 Å². The number of benzene rings is 2. The molecular weight excluding hydrogens is 283 g/mol. The van der Waals surface area contributed by atoms with Crippen molar-refractivity contribution in [1.29, 1.82) is 5.41 Å². The van der Waals surface area contributed by atoms with Crippen LogP contribution in [0.1, 0.15) is 11.1 Å². The summed E-state index contributed by atoms with van der Waals surface area (Å²) in [7, 11) is 0. The van der Waals surface area contributed by atoms with Gasteiger partial charge in [0.1, 0.15) is 18.2 Å². The maximum absolute atomic E-state index is 7.48. The highest BCUT2D eigenvalue weighted by molar-refractivity contribution is 6.42. The van der Waals surface area contributed by atoms with Gasteiger partial charge in [0.2, 0.25) is 0 Å². The van der Waals surface area contributed by atoms with E-state index in [1.165, 1.54) is 0 Å². The van der Waals surface area contributed by atoms with Crippen LogP contribution in [0, 0.1) is 5.41 Å². The molecule has 0 atom stereocenters. The van der Waals surface area contributed by atoms with Gasteiger partial charge in [0.05, 0.1) is 15.6 Å². The molecule has 3 N–H and O–H groups in total. The van der Waals surface area contributed by atoms with Crippen molar-refractivity contribution in [2.45, 2.75) is 6.61 Å². The number of rotatable bonds is 4. The maximum Gasteiger partial charge on any atom is 0.130 e. The summed E-state index contributed by atoms with van der Waals surface area (Å²) in [6.45, 7) is 0.335. The lowest BCUT2D eigenvalue weighted by Gasteiger charge is -2.10. The number of ether oxygens (including phenoxy) is 1. The van der Waals surface area contributed by atoms with Crippen molar-refractivity contribution in [2.75, 3.05) is 0 Å². The molecule has 2 aromatic carbocycles. The summed E-state index contributed by atoms with van der Waals surface area (Å²) in [6.07, 6.45) is 0. The number of nitrogens with one attached hydrogen (secondary N) is 1. The van der Waals surface area contributed by atoms with E-state index in [1.54, 1.807) is 24.3 Å². The van der Waals surface area contributed by atoms with Crippen molar-refractivity contribution < 1.29 is 4.74 Å². The summed E-state index contributed by atoms with van der Waals surface area (Å²) in [5.74, 6) is 0.547. The summed E-state index contributed by atoms with van der Waals surface area (Å²) in [6, 6.07) is 12.5. The van der Waals surface area contributed by atoms with Crippen LogP contribution < -0.4 is 10.5 Å². The van der Waals surface area contributed by atoms with Crippen LogP contribution in [-0.4, -0.2) is 5.84 Å². The zero-order valence-corrected chi connectivity index (χ0v) is 11.5. The molecule has 0 unspecified atom stereocenters. The van der Waals surface area contributed by atoms with Crippen molar-refractivity contribution in [3.05, 3.63) is 63.6 Å². The molecule has 0 heterocycles. The second-order valence-electron chi connectivity index (χ2n) is 3.95. The number of para-hydroxylation sites is 1. The van der Waals surface area contributed by atoms with Gasteiger partial charge in [0, 0.05) is 0 Å². The molecule has 2 aromatic rings. The molecule has 0 aromatic heterocycles. The fourth-order valence-electron chi connectivity index (χ4n) is 1.61. The highest BCUT2D eigenvalue weighted by atomic mass is 35.5. The second-order valence-corrected chi connectivity index (χ2v) is 4.76. The lowest BCUT2D eigenvalue weighted by atomic mass is 10.2. The van der Waals surface area contributed by atoms with E-state index in [9.17, 15) is 0 Å². The van der Waals surface area contributed by atoms with Crippen LogP contribution in [0.5, 0.6) is 5.75 Å². The Bertz CT molecular complexity index is 614. The molecule has 19 heavy (non-hydrogen) atoms. The fourth-order valence-corrected chi connectivity index (χ4v) is 1.93. The van der Waals surface area contributed by atoms with E-state index in [-0.39, 0.29) is 5.84 Å². The molecule has 98 valence electrons. The molecule has 2 rings (SSSR count). The lowest BCUT2D eigenvalue weighted by Crippen LogP contribution is -2.13. The van der Waals surface area contributed by atoms with Crippen molar-refractivity contribution in [2.24, 2.45) is 5.73 Å². The third-order valence-corrected chi connectivity index (χ3v) is 3.29. The Balaban J connectivity index is 2.14. The van der Waals surface area contributed by atoms with Crippen molar-refractivity contribution in [3.8, 4) is 5.75 Å². The average Bonchev–Trinajstić information content (AvgIpc) is 2.40. The van der Waals surface area contributed by atoms with Crippen LogP contribution in [0.4, 0.5) is 0 Å². The number of hydrogen-bond donors (Lipinski definition) is 2. The number of amidine groups is 1. The lowest BCUT2D eigenvalue weighted by molar-refractivity contribution is 0.305. The fraction of sp³-hybridized carbons (Fsp3) is 0.0714. The summed E-state index contributed by atoms with van der Waals surface area (Å²) >= 11 is 11.8. The van der Waals surface area contributed by atoms with Crippen LogP contribution >= 0.6 is 23.2 Å². The molecule has 0 spiro atoms. The molecule has 0 aliphatic carbocycles. The standard InChI is InChI=1S/C14H12Cl2N2O/c15-11-6-5-9(7-12(11)16)8-19-13-4-2-1-3-10(13)14(17)18/h1-7H,8H2,(H3,17,18). The third-order valence-electron chi connectivity index (χ3n) is 2.56. The first kappa shape index (κ1) is 13.7. The van der Waals surface area contributed by atoms with Gasteiger partial charge in [-0.2, -0.15) is 0 Å². The minimum absolute atomic E-state index is 0.0234. The quantitative estimate of drug-likeness (QED) is 0.664. The summed E-state index contributed by atoms with van der Waals surface area (Å²) in [5.41, 5.74) is 6.96. The zero-order chi connectivity index (χ0) is 13.8. The molecule has 0 bridgehead atoms. The smallest absolute Gasteiger partial charge is 0.130 e. The van der Waals surface area contributed by atoms with Crippen LogP contribution in [0.25, 0.3) is 0 Å². The predicted molar refractivity (Wildman–Crippen MR) is 78.3 cm³/mol. The van der Waals surface area contributed by atoms with Gasteiger partial charge in [0.15, 0.2) is 0 Å². The zero-order valence-electron chi connectivity index (χ0n) is 9.99. The van der Waals surface area contributed by atoms with Crippen LogP contribution in [-0.2, 0) is 6.61 Å². The molecule has 0 fully saturated rings. The third kappa shape index (κ3) is 3.40. The Morgan fingerprint density at radius 1 is 1.11 bits per heavy atom. The Morgan fingerprint density at radius 2 is 1.84 bits per heavy atom. The van der Waals surface area contributed by atoms with Gasteiger partial charge in [-0.1, -0.05) is 41.4 Å². The van der Waals surface area contributed by atoms with Crippen LogP contribution in [0.15, 0.2) is 42.5 Å². The van der Waals surface area contributed by atoms with Gasteiger partial charge in [-0.05, 0) is 29.8 Å². The van der Waals surface area contributed by atoms with Crippen molar-refractivity contribution >= 4 is 29.0 Å². The summed E-state index contributed by atoms with van der Waals surface area (Å²) in [5, 5.41) is 8.48. The molecule has 0 saturated carbocycles. The Morgan fingerprint density at radius 3 is 2.53 bits per heavy atom. The van der Waals surface area contributed by atoms with E-state index in [2.05, 4.69) is 0 Å². The van der Waals surface area contributed by atoms with Gasteiger partial charge in [-0.25, -0.2) is 0 Å². The molecule has 0 radical (unpaired) electrons. The predicted octanol–water partition coefficient (Wildman–Crippen LogP) is 3.86. The number of nitrogen functional groups attached to an aromatic ring is 1. The van der Waals surface area contributed by atoms with Gasteiger partial charge in [-0.15, -0.1) is 0 Å². The summed E-state index contributed by atoms with van der Waals surface area (Å²) < 4.78 is 5.66. The minimum atomic E-state index is -0.0234. The van der Waals surface area contributed by atoms with Gasteiger partial charge in [0.25, 0.3) is 0 Å². The van der Waals surface area contributed by atoms with Gasteiger partial charge in [-0.3, -0.25) is 5.41 Å². The Kier molecular flexibility index (Phi) is 4.30. The molecule has 0 aliphatic heterocycles. The van der Waals surface area contributed by atoms with E-state index in [1.807, 2.05) is 18.2 Å². The van der Waals surface area contributed by atoms with Crippen LogP contribution in [0.2, 0.25) is 10.0 Å². The van der Waals surface area contributed by atoms with E-state index < -0.39 is 0 Å². The molecular formula is C14H12Cl2N2O. The van der Waals surface area contributed by atoms with Crippen molar-refractivity contribution in [1.82, 2.24) is 0 Å². The normalized spacial score (nSPS) is 10.2. The Hall–Kier alpha value is -1.71. The van der Waals surface area contributed by atoms with E-state index >= 15 is 0 Å². The number of nitrogens with two attached hydrogens (primary N) is 1. The molecule has 0 aliphatic rings. The monoisotopic (exact) mass is 294 g/mol. The average molecular weight is 295 g/mol. The second kappa shape index (κ2) is 5.95. The highest BCUT2D eigenvalue weighted by Crippen LogP contribution is 2.24. The molecule has 0 saturated heterocycles. The topological polar surface area (TPSA) is 59.1 Å². The van der Waals surface area contributed by atoms with E-state index in [0.717, 1.165) is 5.56 Å². The summed E-state index contributed by atoms with van der Waals surface area (Å²) in [4.78, 5) is 0. The first-order chi connectivity index (χ1) is 9.08. The minimum Gasteiger partial charge on any atom is -0.488 e. The van der Waals surface area contributed by atoms with E-state index in [4.69, 9.17) is 39.1 Å². The Labute approximate surface area is 121 Å². The molecule has 0 amide bonds. The van der Waals surface area contributed by atoms with Crippen molar-refractivity contribution in [3.63, 3.8) is 0 Å². The number of hydrogen-bond acceptors (Lipinski definition) is 2.